The summed E-state index contributed by atoms with van der Waals surface area (Å²) >= 11 is 0. The third-order valence-electron chi connectivity index (χ3n) is 3.72. The van der Waals surface area contributed by atoms with Crippen LogP contribution in [-0.4, -0.2) is 7.11 Å². The predicted octanol–water partition coefficient (Wildman–Crippen LogP) is 3.31. The third kappa shape index (κ3) is 3.06. The van der Waals surface area contributed by atoms with Gasteiger partial charge in [0.25, 0.3) is 0 Å². The Balaban J connectivity index is 2.56. The van der Waals surface area contributed by atoms with Crippen LogP contribution in [0.2, 0.25) is 0 Å². The number of nitrogens with one attached hydrogen (secondary N) is 1. The highest BCUT2D eigenvalue weighted by atomic mass is 19.1. The van der Waals surface area contributed by atoms with Crippen LogP contribution >= 0.6 is 0 Å². The minimum absolute atomic E-state index is 0.267. The molecule has 0 aromatic heterocycles. The SMILES string of the molecule is COc1cc(C)c(C(NN)c2cc(C)ccc2F)cc1C. The second kappa shape index (κ2) is 6.24. The highest BCUT2D eigenvalue weighted by Gasteiger charge is 2.20. The molecule has 0 bridgehead atoms. The standard InChI is InChI=1S/C17H21FN2O/c1-10-5-6-15(18)14(7-10)17(20-19)13-8-12(3)16(21-4)9-11(13)2/h5-9,17,20H,19H2,1-4H3. The molecule has 3 nitrogen and oxygen atoms in total. The van der Waals surface area contributed by atoms with Crippen LogP contribution < -0.4 is 16.0 Å². The number of aryl methyl sites for hydroxylation is 3. The fraction of sp³-hybridized carbons (Fsp3) is 0.294. The molecule has 0 aliphatic heterocycles. The van der Waals surface area contributed by atoms with Crippen LogP contribution in [0.15, 0.2) is 30.3 Å². The summed E-state index contributed by atoms with van der Waals surface area (Å²) in [6, 6.07) is 8.58. The van der Waals surface area contributed by atoms with Gasteiger partial charge in [-0.15, -0.1) is 0 Å². The molecule has 3 N–H and O–H groups in total. The molecule has 0 fully saturated rings. The fourth-order valence-corrected chi connectivity index (χ4v) is 2.57. The number of hydrogen-bond acceptors (Lipinski definition) is 3. The molecular weight excluding hydrogens is 267 g/mol. The number of nitrogens with two attached hydrogens (primary N) is 1. The molecule has 1 atom stereocenters. The molecule has 21 heavy (non-hydrogen) atoms. The second-order valence-electron chi connectivity index (χ2n) is 5.30. The summed E-state index contributed by atoms with van der Waals surface area (Å²) in [4.78, 5) is 0. The molecule has 0 heterocycles. The zero-order valence-electron chi connectivity index (χ0n) is 12.8. The molecule has 0 aliphatic carbocycles. The van der Waals surface area contributed by atoms with Crippen molar-refractivity contribution in [1.82, 2.24) is 5.43 Å². The van der Waals surface area contributed by atoms with Crippen LogP contribution in [0.3, 0.4) is 0 Å². The minimum atomic E-state index is -0.394. The molecule has 2 rings (SSSR count). The lowest BCUT2D eigenvalue weighted by molar-refractivity contribution is 0.411. The molecule has 4 heteroatoms. The summed E-state index contributed by atoms with van der Waals surface area (Å²) in [5, 5.41) is 0. The van der Waals surface area contributed by atoms with Gasteiger partial charge in [-0.1, -0.05) is 23.8 Å². The van der Waals surface area contributed by atoms with Gasteiger partial charge in [-0.05, 0) is 49.6 Å². The summed E-state index contributed by atoms with van der Waals surface area (Å²) in [6.07, 6.45) is 0. The summed E-state index contributed by atoms with van der Waals surface area (Å²) in [5.74, 6) is 6.25. The van der Waals surface area contributed by atoms with E-state index in [0.717, 1.165) is 28.0 Å². The van der Waals surface area contributed by atoms with Crippen LogP contribution in [0, 0.1) is 26.6 Å². The fourth-order valence-electron chi connectivity index (χ4n) is 2.57. The van der Waals surface area contributed by atoms with E-state index < -0.39 is 6.04 Å². The number of methoxy groups -OCH3 is 1. The van der Waals surface area contributed by atoms with Crippen molar-refractivity contribution in [2.75, 3.05) is 7.11 Å². The van der Waals surface area contributed by atoms with Crippen molar-refractivity contribution in [3.05, 3.63) is 64.0 Å². The Bertz CT molecular complexity index is 655. The lowest BCUT2D eigenvalue weighted by Gasteiger charge is -2.21. The molecule has 1 unspecified atom stereocenters. The van der Waals surface area contributed by atoms with E-state index in [2.05, 4.69) is 5.43 Å². The Kier molecular flexibility index (Phi) is 4.60. The Hall–Kier alpha value is -1.91. The van der Waals surface area contributed by atoms with Gasteiger partial charge in [-0.3, -0.25) is 5.84 Å². The molecule has 0 saturated heterocycles. The van der Waals surface area contributed by atoms with Crippen LogP contribution in [0.4, 0.5) is 4.39 Å². The molecule has 0 radical (unpaired) electrons. The number of ether oxygens (including phenoxy) is 1. The van der Waals surface area contributed by atoms with Crippen LogP contribution in [0.25, 0.3) is 0 Å². The van der Waals surface area contributed by atoms with Gasteiger partial charge in [0.15, 0.2) is 0 Å². The van der Waals surface area contributed by atoms with Gasteiger partial charge in [-0.25, -0.2) is 9.82 Å². The van der Waals surface area contributed by atoms with Crippen LogP contribution in [-0.2, 0) is 0 Å². The van der Waals surface area contributed by atoms with E-state index in [4.69, 9.17) is 10.6 Å². The van der Waals surface area contributed by atoms with Gasteiger partial charge in [0.2, 0.25) is 0 Å². The molecular formula is C17H21FN2O. The molecule has 0 spiro atoms. The van der Waals surface area contributed by atoms with E-state index >= 15 is 0 Å². The maximum atomic E-state index is 14.1. The predicted molar refractivity (Wildman–Crippen MR) is 82.8 cm³/mol. The average Bonchev–Trinajstić information content (AvgIpc) is 2.46. The van der Waals surface area contributed by atoms with Gasteiger partial charge < -0.3 is 4.74 Å². The van der Waals surface area contributed by atoms with E-state index in [-0.39, 0.29) is 5.82 Å². The van der Waals surface area contributed by atoms with Crippen molar-refractivity contribution >= 4 is 0 Å². The van der Waals surface area contributed by atoms with Gasteiger partial charge in [0.05, 0.1) is 13.2 Å². The number of benzene rings is 2. The Morgan fingerprint density at radius 1 is 1.05 bits per heavy atom. The maximum Gasteiger partial charge on any atom is 0.128 e. The van der Waals surface area contributed by atoms with E-state index in [1.165, 1.54) is 6.07 Å². The first-order valence-electron chi connectivity index (χ1n) is 6.85. The normalized spacial score (nSPS) is 12.3. The van der Waals surface area contributed by atoms with Crippen molar-refractivity contribution < 1.29 is 9.13 Å². The van der Waals surface area contributed by atoms with E-state index in [9.17, 15) is 4.39 Å². The lowest BCUT2D eigenvalue weighted by Crippen LogP contribution is -2.30. The zero-order chi connectivity index (χ0) is 15.6. The van der Waals surface area contributed by atoms with Crippen LogP contribution in [0.1, 0.15) is 33.9 Å². The number of rotatable bonds is 4. The molecule has 112 valence electrons. The highest BCUT2D eigenvalue weighted by Crippen LogP contribution is 2.31. The first-order valence-corrected chi connectivity index (χ1v) is 6.85. The van der Waals surface area contributed by atoms with E-state index in [0.29, 0.717) is 5.56 Å². The molecule has 2 aromatic carbocycles. The Morgan fingerprint density at radius 3 is 2.38 bits per heavy atom. The second-order valence-corrected chi connectivity index (χ2v) is 5.30. The summed E-state index contributed by atoms with van der Waals surface area (Å²) in [6.45, 7) is 5.86. The number of hydrazine groups is 1. The quantitative estimate of drug-likeness (QED) is 0.670. The minimum Gasteiger partial charge on any atom is -0.496 e. The van der Waals surface area contributed by atoms with E-state index in [1.54, 1.807) is 13.2 Å². The Labute approximate surface area is 124 Å². The maximum absolute atomic E-state index is 14.1. The summed E-state index contributed by atoms with van der Waals surface area (Å²) < 4.78 is 19.5. The van der Waals surface area contributed by atoms with Gasteiger partial charge >= 0.3 is 0 Å². The Morgan fingerprint density at radius 2 is 1.76 bits per heavy atom. The van der Waals surface area contributed by atoms with Crippen molar-refractivity contribution in [3.63, 3.8) is 0 Å². The molecule has 0 aliphatic rings. The smallest absolute Gasteiger partial charge is 0.128 e. The highest BCUT2D eigenvalue weighted by molar-refractivity contribution is 5.46. The largest absolute Gasteiger partial charge is 0.496 e. The van der Waals surface area contributed by atoms with Crippen molar-refractivity contribution in [2.45, 2.75) is 26.8 Å². The molecule has 2 aromatic rings. The third-order valence-corrected chi connectivity index (χ3v) is 3.72. The molecule has 0 amide bonds. The van der Waals surface area contributed by atoms with Gasteiger partial charge in [0.1, 0.15) is 11.6 Å². The first kappa shape index (κ1) is 15.5. The summed E-state index contributed by atoms with van der Waals surface area (Å²) in [5.41, 5.74) is 7.21. The zero-order valence-corrected chi connectivity index (χ0v) is 12.8. The number of halogens is 1. The van der Waals surface area contributed by atoms with Gasteiger partial charge in [-0.2, -0.15) is 0 Å². The summed E-state index contributed by atoms with van der Waals surface area (Å²) in [7, 11) is 1.64. The van der Waals surface area contributed by atoms with E-state index in [1.807, 2.05) is 39.0 Å². The first-order chi connectivity index (χ1) is 9.97. The van der Waals surface area contributed by atoms with Crippen molar-refractivity contribution in [1.29, 1.82) is 0 Å². The lowest BCUT2D eigenvalue weighted by atomic mass is 9.92. The molecule has 0 saturated carbocycles. The average molecular weight is 288 g/mol. The van der Waals surface area contributed by atoms with Gasteiger partial charge in [0, 0.05) is 5.56 Å². The monoisotopic (exact) mass is 288 g/mol. The number of hydrogen-bond donors (Lipinski definition) is 2. The van der Waals surface area contributed by atoms with Crippen molar-refractivity contribution in [2.24, 2.45) is 5.84 Å². The van der Waals surface area contributed by atoms with Crippen molar-refractivity contribution in [3.8, 4) is 5.75 Å². The topological polar surface area (TPSA) is 47.3 Å². The van der Waals surface area contributed by atoms with Crippen LogP contribution in [0.5, 0.6) is 5.75 Å².